The van der Waals surface area contributed by atoms with E-state index in [0.717, 1.165) is 6.42 Å². The first kappa shape index (κ1) is 17.1. The van der Waals surface area contributed by atoms with Crippen LogP contribution in [0.3, 0.4) is 0 Å². The molecule has 1 saturated carbocycles. The van der Waals surface area contributed by atoms with Crippen LogP contribution in [-0.4, -0.2) is 46.7 Å². The van der Waals surface area contributed by atoms with E-state index in [2.05, 4.69) is 22.9 Å². The van der Waals surface area contributed by atoms with Crippen LogP contribution in [0.5, 0.6) is 0 Å². The van der Waals surface area contributed by atoms with Crippen LogP contribution in [-0.2, 0) is 9.47 Å². The smallest absolute Gasteiger partial charge is 0.410 e. The van der Waals surface area contributed by atoms with Gasteiger partial charge in [-0.2, -0.15) is 0 Å². The zero-order chi connectivity index (χ0) is 15.6. The number of rotatable bonds is 4. The second kappa shape index (κ2) is 6.86. The van der Waals surface area contributed by atoms with Gasteiger partial charge >= 0.3 is 6.09 Å². The fourth-order valence-electron chi connectivity index (χ4n) is 2.91. The summed E-state index contributed by atoms with van der Waals surface area (Å²) in [7, 11) is 0. The van der Waals surface area contributed by atoms with E-state index >= 15 is 0 Å². The summed E-state index contributed by atoms with van der Waals surface area (Å²) < 4.78 is 11.7. The summed E-state index contributed by atoms with van der Waals surface area (Å²) in [5, 5.41) is 0. The van der Waals surface area contributed by atoms with Crippen molar-refractivity contribution in [2.24, 2.45) is 5.92 Å². The summed E-state index contributed by atoms with van der Waals surface area (Å²) in [6.07, 6.45) is 5.12. The first-order valence-corrected chi connectivity index (χ1v) is 8.99. The molecule has 0 bridgehead atoms. The quantitative estimate of drug-likeness (QED) is 0.711. The number of amides is 1. The Bertz CT molecular complexity index is 365. The molecule has 3 atom stereocenters. The van der Waals surface area contributed by atoms with Gasteiger partial charge in [0.2, 0.25) is 0 Å². The molecule has 3 unspecified atom stereocenters. The fourth-order valence-corrected chi connectivity index (χ4v) is 3.56. The molecule has 1 saturated heterocycles. The third-order valence-corrected chi connectivity index (χ3v) is 5.16. The van der Waals surface area contributed by atoms with Gasteiger partial charge in [-0.1, -0.05) is 29.3 Å². The maximum Gasteiger partial charge on any atom is 0.410 e. The van der Waals surface area contributed by atoms with Gasteiger partial charge in [0.1, 0.15) is 5.60 Å². The van der Waals surface area contributed by atoms with Crippen molar-refractivity contribution in [3.05, 3.63) is 0 Å². The number of likely N-dealkylation sites (tertiary alicyclic amines) is 1. The molecule has 122 valence electrons. The average Bonchev–Trinajstić information content (AvgIpc) is 2.65. The number of ether oxygens (including phenoxy) is 2. The predicted octanol–water partition coefficient (Wildman–Crippen LogP) is 3.96. The number of hydrogen-bond donors (Lipinski definition) is 0. The van der Waals surface area contributed by atoms with Crippen LogP contribution in [0.2, 0.25) is 0 Å². The molecule has 1 aliphatic heterocycles. The molecule has 1 heterocycles. The van der Waals surface area contributed by atoms with Gasteiger partial charge in [0.25, 0.3) is 0 Å². The molecule has 0 N–H and O–H groups in total. The summed E-state index contributed by atoms with van der Waals surface area (Å²) in [4.78, 5) is 14.1. The molecule has 4 nitrogen and oxygen atoms in total. The Morgan fingerprint density at radius 1 is 1.33 bits per heavy atom. The first-order chi connectivity index (χ1) is 9.80. The monoisotopic (exact) mass is 361 g/mol. The van der Waals surface area contributed by atoms with Crippen LogP contribution in [0.1, 0.15) is 53.4 Å². The molecule has 5 heteroatoms. The topological polar surface area (TPSA) is 38.8 Å². The molecular formula is C16H28BrNO3. The van der Waals surface area contributed by atoms with Gasteiger partial charge in [0, 0.05) is 6.54 Å². The number of halogens is 1. The van der Waals surface area contributed by atoms with Crippen LogP contribution >= 0.6 is 15.9 Å². The SMILES string of the molecule is CCC(OC1CN(C(=O)OC(C)(C)C)CC1Br)C1CCC1. The number of nitrogens with zero attached hydrogens (tertiary/aromatic N) is 1. The lowest BCUT2D eigenvalue weighted by molar-refractivity contribution is -0.0566. The molecule has 0 spiro atoms. The van der Waals surface area contributed by atoms with E-state index in [1.165, 1.54) is 19.3 Å². The minimum absolute atomic E-state index is 0.0723. The molecule has 0 aromatic rings. The Labute approximate surface area is 136 Å². The highest BCUT2D eigenvalue weighted by molar-refractivity contribution is 9.09. The minimum Gasteiger partial charge on any atom is -0.444 e. The van der Waals surface area contributed by atoms with Gasteiger partial charge < -0.3 is 14.4 Å². The molecule has 1 aliphatic carbocycles. The minimum atomic E-state index is -0.449. The Morgan fingerprint density at radius 2 is 2.00 bits per heavy atom. The summed E-state index contributed by atoms with van der Waals surface area (Å²) in [6, 6.07) is 0. The Hall–Kier alpha value is -0.290. The van der Waals surface area contributed by atoms with E-state index in [4.69, 9.17) is 9.47 Å². The molecule has 2 fully saturated rings. The van der Waals surface area contributed by atoms with Crippen LogP contribution in [0.15, 0.2) is 0 Å². The van der Waals surface area contributed by atoms with E-state index in [1.54, 1.807) is 4.90 Å². The van der Waals surface area contributed by atoms with Gasteiger partial charge in [-0.15, -0.1) is 0 Å². The number of alkyl halides is 1. The lowest BCUT2D eigenvalue weighted by Gasteiger charge is -2.35. The predicted molar refractivity (Wildman–Crippen MR) is 86.8 cm³/mol. The van der Waals surface area contributed by atoms with Crippen molar-refractivity contribution in [3.63, 3.8) is 0 Å². The van der Waals surface area contributed by atoms with E-state index < -0.39 is 5.60 Å². The van der Waals surface area contributed by atoms with Crippen LogP contribution < -0.4 is 0 Å². The maximum absolute atomic E-state index is 12.1. The zero-order valence-corrected chi connectivity index (χ0v) is 15.2. The van der Waals surface area contributed by atoms with E-state index in [-0.39, 0.29) is 17.0 Å². The lowest BCUT2D eigenvalue weighted by Crippen LogP contribution is -2.38. The van der Waals surface area contributed by atoms with Crippen molar-refractivity contribution >= 4 is 22.0 Å². The van der Waals surface area contributed by atoms with Crippen LogP contribution in [0, 0.1) is 5.92 Å². The summed E-state index contributed by atoms with van der Waals surface area (Å²) >= 11 is 3.67. The Morgan fingerprint density at radius 3 is 2.48 bits per heavy atom. The number of carbonyl (C=O) groups excluding carboxylic acids is 1. The highest BCUT2D eigenvalue weighted by Gasteiger charge is 2.39. The molecule has 0 aromatic heterocycles. The van der Waals surface area contributed by atoms with Crippen molar-refractivity contribution in [3.8, 4) is 0 Å². The standard InChI is InChI=1S/C16H28BrNO3/c1-5-13(11-7-6-8-11)20-14-10-18(9-12(14)17)15(19)21-16(2,3)4/h11-14H,5-10H2,1-4H3. The van der Waals surface area contributed by atoms with Crippen molar-refractivity contribution in [2.75, 3.05) is 13.1 Å². The zero-order valence-electron chi connectivity index (χ0n) is 13.6. The van der Waals surface area contributed by atoms with Gasteiger partial charge in [-0.05, 0) is 46.0 Å². The highest BCUT2D eigenvalue weighted by Crippen LogP contribution is 2.35. The van der Waals surface area contributed by atoms with Gasteiger partial charge in [0.05, 0.1) is 23.6 Å². The van der Waals surface area contributed by atoms with Gasteiger partial charge in [0.15, 0.2) is 0 Å². The van der Waals surface area contributed by atoms with Crippen molar-refractivity contribution in [1.82, 2.24) is 4.90 Å². The average molecular weight is 362 g/mol. The molecule has 21 heavy (non-hydrogen) atoms. The molecule has 1 amide bonds. The van der Waals surface area contributed by atoms with Gasteiger partial charge in [-0.3, -0.25) is 0 Å². The summed E-state index contributed by atoms with van der Waals surface area (Å²) in [6.45, 7) is 9.14. The third-order valence-electron chi connectivity index (χ3n) is 4.28. The molecule has 2 aliphatic rings. The Kier molecular flexibility index (Phi) is 5.58. The van der Waals surface area contributed by atoms with Crippen LogP contribution in [0.4, 0.5) is 4.79 Å². The van der Waals surface area contributed by atoms with Crippen molar-refractivity contribution in [2.45, 2.75) is 76.0 Å². The third kappa shape index (κ3) is 4.59. The molecule has 0 radical (unpaired) electrons. The first-order valence-electron chi connectivity index (χ1n) is 8.07. The van der Waals surface area contributed by atoms with E-state index in [0.29, 0.717) is 25.1 Å². The number of hydrogen-bond acceptors (Lipinski definition) is 3. The largest absolute Gasteiger partial charge is 0.444 e. The summed E-state index contributed by atoms with van der Waals surface area (Å²) in [5.74, 6) is 0.713. The van der Waals surface area contributed by atoms with Gasteiger partial charge in [-0.25, -0.2) is 4.79 Å². The van der Waals surface area contributed by atoms with E-state index in [9.17, 15) is 4.79 Å². The lowest BCUT2D eigenvalue weighted by atomic mass is 9.80. The molecule has 2 rings (SSSR count). The Balaban J connectivity index is 1.86. The van der Waals surface area contributed by atoms with Crippen molar-refractivity contribution in [1.29, 1.82) is 0 Å². The summed E-state index contributed by atoms with van der Waals surface area (Å²) in [5.41, 5.74) is -0.449. The van der Waals surface area contributed by atoms with E-state index in [1.807, 2.05) is 20.8 Å². The second-order valence-electron chi connectivity index (χ2n) is 7.21. The maximum atomic E-state index is 12.1. The fraction of sp³-hybridized carbons (Fsp3) is 0.938. The molecule has 0 aromatic carbocycles. The number of carbonyl (C=O) groups is 1. The normalized spacial score (nSPS) is 28.3. The van der Waals surface area contributed by atoms with Crippen molar-refractivity contribution < 1.29 is 14.3 Å². The second-order valence-corrected chi connectivity index (χ2v) is 8.39. The van der Waals surface area contributed by atoms with Crippen LogP contribution in [0.25, 0.3) is 0 Å². The highest BCUT2D eigenvalue weighted by atomic mass is 79.9. The molecular weight excluding hydrogens is 334 g/mol.